The normalized spacial score (nSPS) is 13.0. The van der Waals surface area contributed by atoms with E-state index in [1.807, 2.05) is 12.1 Å². The first-order chi connectivity index (χ1) is 15.2. The highest BCUT2D eigenvalue weighted by Crippen LogP contribution is 2.11. The number of benzene rings is 1. The molecule has 0 fully saturated rings. The quantitative estimate of drug-likeness (QED) is 0.113. The maximum Gasteiger partial charge on any atom is 0.303 e. The van der Waals surface area contributed by atoms with Crippen LogP contribution >= 0.6 is 0 Å². The van der Waals surface area contributed by atoms with Gasteiger partial charge in [-0.05, 0) is 30.6 Å². The van der Waals surface area contributed by atoms with Crippen LogP contribution in [-0.2, 0) is 35.0 Å². The Kier molecular flexibility index (Phi) is 12.3. The Balaban J connectivity index is 2.80. The number of aryl methyl sites for hydroxylation is 1. The molecule has 0 aliphatic rings. The molecule has 0 aliphatic carbocycles. The second-order valence-corrected chi connectivity index (χ2v) is 7.29. The monoisotopic (exact) mass is 444 g/mol. The Morgan fingerprint density at radius 3 is 2.09 bits per heavy atom. The molecule has 0 aromatic heterocycles. The van der Waals surface area contributed by atoms with Crippen LogP contribution in [0.1, 0.15) is 62.9 Å². The van der Waals surface area contributed by atoms with Crippen LogP contribution in [0, 0.1) is 0 Å². The number of unbranched alkanes of at least 4 members (excludes halogenated alkanes) is 2. The molecular weight excluding hydrogens is 412 g/mol. The van der Waals surface area contributed by atoms with Crippen LogP contribution in [0.3, 0.4) is 0 Å². The van der Waals surface area contributed by atoms with Crippen molar-refractivity contribution in [2.45, 2.75) is 65.6 Å². The second-order valence-electron chi connectivity index (χ2n) is 7.29. The lowest BCUT2D eigenvalue weighted by Gasteiger charge is -2.23. The lowest BCUT2D eigenvalue weighted by atomic mass is 10.0. The molecule has 0 aliphatic heterocycles. The minimum absolute atomic E-state index is 0.171. The maximum atomic E-state index is 12.4. The van der Waals surface area contributed by atoms with Crippen molar-refractivity contribution < 1.29 is 33.4 Å². The lowest BCUT2D eigenvalue weighted by Crippen LogP contribution is -2.37. The van der Waals surface area contributed by atoms with Crippen LogP contribution in [0.2, 0.25) is 0 Å². The molecule has 2 atom stereocenters. The minimum Gasteiger partial charge on any atom is -0.462 e. The predicted molar refractivity (Wildman–Crippen MR) is 120 cm³/mol. The average molecular weight is 445 g/mol. The van der Waals surface area contributed by atoms with Crippen LogP contribution in [0.25, 0.3) is 0 Å². The Bertz CT molecular complexity index is 821. The van der Waals surface area contributed by atoms with Crippen LogP contribution in [-0.4, -0.2) is 42.5 Å². The van der Waals surface area contributed by atoms with Crippen molar-refractivity contribution in [3.8, 4) is 0 Å². The lowest BCUT2D eigenvalue weighted by molar-refractivity contribution is -0.169. The van der Waals surface area contributed by atoms with Gasteiger partial charge in [-0.25, -0.2) is 0 Å². The summed E-state index contributed by atoms with van der Waals surface area (Å²) in [5, 5.41) is 0. The summed E-state index contributed by atoms with van der Waals surface area (Å²) in [6, 6.07) is 7.52. The number of esters is 3. The highest BCUT2D eigenvalue weighted by molar-refractivity contribution is 6.04. The number of hydrogen-bond donors (Lipinski definition) is 0. The third-order valence-electron chi connectivity index (χ3n) is 4.40. The summed E-state index contributed by atoms with van der Waals surface area (Å²) in [4.78, 5) is 46.3. The van der Waals surface area contributed by atoms with Gasteiger partial charge in [-0.2, -0.15) is 0 Å². The van der Waals surface area contributed by atoms with Crippen molar-refractivity contribution in [3.05, 3.63) is 59.7 Å². The van der Waals surface area contributed by atoms with E-state index in [9.17, 15) is 19.2 Å². The van der Waals surface area contributed by atoms with E-state index in [0.717, 1.165) is 12.8 Å². The van der Waals surface area contributed by atoms with Crippen LogP contribution in [0.15, 0.2) is 48.6 Å². The largest absolute Gasteiger partial charge is 0.462 e. The molecule has 0 bridgehead atoms. The van der Waals surface area contributed by atoms with Gasteiger partial charge >= 0.3 is 17.9 Å². The Morgan fingerprint density at radius 1 is 0.875 bits per heavy atom. The number of ether oxygens (including phenoxy) is 3. The van der Waals surface area contributed by atoms with Gasteiger partial charge in [0.15, 0.2) is 18.0 Å². The first-order valence-electron chi connectivity index (χ1n) is 10.7. The fourth-order valence-electron chi connectivity index (χ4n) is 2.87. The maximum absolute atomic E-state index is 12.4. The zero-order valence-electron chi connectivity index (χ0n) is 19.2. The Labute approximate surface area is 189 Å². The predicted octanol–water partition coefficient (Wildman–Crippen LogP) is 4.14. The fourth-order valence-corrected chi connectivity index (χ4v) is 2.87. The highest BCUT2D eigenvalue weighted by atomic mass is 16.6. The van der Waals surface area contributed by atoms with Gasteiger partial charge in [-0.3, -0.25) is 19.2 Å². The molecule has 1 rings (SSSR count). The van der Waals surface area contributed by atoms with Gasteiger partial charge in [0, 0.05) is 26.3 Å². The van der Waals surface area contributed by atoms with E-state index in [1.54, 1.807) is 12.1 Å². The van der Waals surface area contributed by atoms with E-state index >= 15 is 0 Å². The average Bonchev–Trinajstić information content (AvgIpc) is 2.73. The first kappa shape index (κ1) is 26.8. The third-order valence-corrected chi connectivity index (χ3v) is 4.40. The van der Waals surface area contributed by atoms with Gasteiger partial charge in [0.2, 0.25) is 0 Å². The molecule has 0 radical (unpaired) electrons. The summed E-state index contributed by atoms with van der Waals surface area (Å²) in [5.41, 5.74) is 1.77. The van der Waals surface area contributed by atoms with E-state index in [-0.39, 0.29) is 12.4 Å². The molecule has 174 valence electrons. The van der Waals surface area contributed by atoms with Crippen LogP contribution < -0.4 is 0 Å². The molecule has 0 spiro atoms. The summed E-state index contributed by atoms with van der Waals surface area (Å²) >= 11 is 0. The zero-order chi connectivity index (χ0) is 23.9. The summed E-state index contributed by atoms with van der Waals surface area (Å²) in [6.07, 6.45) is 8.33. The van der Waals surface area contributed by atoms with Gasteiger partial charge in [0.05, 0.1) is 0 Å². The van der Waals surface area contributed by atoms with Crippen molar-refractivity contribution >= 4 is 23.7 Å². The van der Waals surface area contributed by atoms with Gasteiger partial charge in [0.1, 0.15) is 6.61 Å². The number of hydrogen-bond acceptors (Lipinski definition) is 7. The van der Waals surface area contributed by atoms with E-state index < -0.39 is 30.1 Å². The molecule has 0 unspecified atom stereocenters. The van der Waals surface area contributed by atoms with Gasteiger partial charge in [-0.15, -0.1) is 0 Å². The molecule has 1 aromatic carbocycles. The molecule has 0 saturated carbocycles. The molecule has 7 heteroatoms. The van der Waals surface area contributed by atoms with E-state index in [4.69, 9.17) is 14.2 Å². The molecular formula is C25H32O7. The number of carbonyl (C=O) groups excluding carboxylic acids is 4. The highest BCUT2D eigenvalue weighted by Gasteiger charge is 2.26. The fraction of sp³-hybridized carbons (Fsp3) is 0.440. The molecule has 0 heterocycles. The van der Waals surface area contributed by atoms with E-state index in [1.165, 1.54) is 63.5 Å². The summed E-state index contributed by atoms with van der Waals surface area (Å²) in [5.74, 6) is -1.94. The second kappa shape index (κ2) is 14.7. The summed E-state index contributed by atoms with van der Waals surface area (Å²) in [7, 11) is 0. The summed E-state index contributed by atoms with van der Waals surface area (Å²) in [6.45, 7) is 5.51. The van der Waals surface area contributed by atoms with E-state index in [2.05, 4.69) is 6.92 Å². The van der Waals surface area contributed by atoms with Crippen LogP contribution in [0.5, 0.6) is 0 Å². The van der Waals surface area contributed by atoms with Crippen molar-refractivity contribution in [3.63, 3.8) is 0 Å². The SMILES string of the molecule is CCCCCc1ccc(C(=O)/C=C/C=C/[C@@H](OC(C)=O)[C@@H](COC(C)=O)OC(C)=O)cc1. The standard InChI is InChI=1S/C25H32O7/c1-5-6-7-10-21-13-15-22(16-14-21)23(29)11-8-9-12-24(31-19(3)27)25(32-20(4)28)17-30-18(2)26/h8-9,11-16,24-25H,5-7,10,17H2,1-4H3/b11-8+,12-9+/t24-,25-/m1/s1. The van der Waals surface area contributed by atoms with Crippen molar-refractivity contribution in [2.24, 2.45) is 0 Å². The number of ketones is 1. The van der Waals surface area contributed by atoms with E-state index in [0.29, 0.717) is 5.56 Å². The number of allylic oxidation sites excluding steroid dienone is 3. The topological polar surface area (TPSA) is 96.0 Å². The molecule has 1 aromatic rings. The zero-order valence-corrected chi connectivity index (χ0v) is 19.2. The van der Waals surface area contributed by atoms with Crippen molar-refractivity contribution in [1.29, 1.82) is 0 Å². The summed E-state index contributed by atoms with van der Waals surface area (Å²) < 4.78 is 15.2. The Hall–Kier alpha value is -3.22. The molecule has 7 nitrogen and oxygen atoms in total. The van der Waals surface area contributed by atoms with Crippen LogP contribution in [0.4, 0.5) is 0 Å². The van der Waals surface area contributed by atoms with Crippen molar-refractivity contribution in [1.82, 2.24) is 0 Å². The van der Waals surface area contributed by atoms with Gasteiger partial charge in [0.25, 0.3) is 0 Å². The van der Waals surface area contributed by atoms with Gasteiger partial charge in [-0.1, -0.05) is 56.2 Å². The third kappa shape index (κ3) is 11.2. The van der Waals surface area contributed by atoms with Gasteiger partial charge < -0.3 is 14.2 Å². The Morgan fingerprint density at radius 2 is 1.53 bits per heavy atom. The molecule has 0 N–H and O–H groups in total. The molecule has 0 saturated heterocycles. The van der Waals surface area contributed by atoms with Crippen molar-refractivity contribution in [2.75, 3.05) is 6.61 Å². The molecule has 0 amide bonds. The smallest absolute Gasteiger partial charge is 0.303 e. The minimum atomic E-state index is -1.01. The number of carbonyl (C=O) groups is 4. The molecule has 32 heavy (non-hydrogen) atoms. The first-order valence-corrected chi connectivity index (χ1v) is 10.7. The number of rotatable bonds is 13.